The summed E-state index contributed by atoms with van der Waals surface area (Å²) in [7, 11) is 0. The highest BCUT2D eigenvalue weighted by atomic mass is 16.1. The zero-order chi connectivity index (χ0) is 9.64. The number of fused-ring (bicyclic) bond motifs is 1. The third kappa shape index (κ3) is 1.41. The Hall–Kier alpha value is -0.370. The van der Waals surface area contributed by atoms with E-state index in [1.165, 1.54) is 0 Å². The lowest BCUT2D eigenvalue weighted by Crippen LogP contribution is -2.39. The molecule has 1 N–H and O–H groups in total. The second-order valence-electron chi connectivity index (χ2n) is 5.53. The largest absolute Gasteiger partial charge is 0.312 e. The number of Topliss-reactive ketones (excluding diaryl/α,β-unsaturated/α-hetero) is 1. The van der Waals surface area contributed by atoms with Crippen molar-refractivity contribution in [2.45, 2.75) is 39.7 Å². The number of carbonyl (C=O) groups excluding carboxylic acids is 1. The van der Waals surface area contributed by atoms with Gasteiger partial charge in [-0.1, -0.05) is 20.8 Å². The SMILES string of the molecule is CC(C)(C)C1NC[C@@H]2C(=O)CC[C@H]12. The fraction of sp³-hybridized carbons (Fsp3) is 0.909. The highest BCUT2D eigenvalue weighted by Gasteiger charge is 2.47. The highest BCUT2D eigenvalue weighted by Crippen LogP contribution is 2.41. The third-order valence-corrected chi connectivity index (χ3v) is 3.57. The molecule has 1 unspecified atom stereocenters. The van der Waals surface area contributed by atoms with Crippen LogP contribution in [0.15, 0.2) is 0 Å². The first-order valence-corrected chi connectivity index (χ1v) is 5.26. The van der Waals surface area contributed by atoms with Gasteiger partial charge in [-0.25, -0.2) is 0 Å². The predicted molar refractivity (Wildman–Crippen MR) is 52.5 cm³/mol. The van der Waals surface area contributed by atoms with E-state index in [2.05, 4.69) is 26.1 Å². The van der Waals surface area contributed by atoms with Crippen molar-refractivity contribution in [2.24, 2.45) is 17.3 Å². The maximum atomic E-state index is 11.5. The Morgan fingerprint density at radius 3 is 2.69 bits per heavy atom. The highest BCUT2D eigenvalue weighted by molar-refractivity contribution is 5.84. The zero-order valence-corrected chi connectivity index (χ0v) is 8.76. The molecule has 2 heteroatoms. The summed E-state index contributed by atoms with van der Waals surface area (Å²) in [6.07, 6.45) is 1.93. The number of nitrogens with one attached hydrogen (secondary N) is 1. The molecule has 0 aromatic carbocycles. The molecule has 3 atom stereocenters. The average Bonchev–Trinajstić information content (AvgIpc) is 2.51. The molecule has 74 valence electrons. The van der Waals surface area contributed by atoms with Crippen molar-refractivity contribution in [1.29, 1.82) is 0 Å². The number of ketones is 1. The van der Waals surface area contributed by atoms with E-state index in [0.717, 1.165) is 19.4 Å². The fourth-order valence-electron chi connectivity index (χ4n) is 2.95. The molecule has 2 fully saturated rings. The second-order valence-corrected chi connectivity index (χ2v) is 5.53. The molecule has 0 aromatic rings. The van der Waals surface area contributed by atoms with Gasteiger partial charge in [0.25, 0.3) is 0 Å². The molecule has 0 spiro atoms. The molecule has 1 aliphatic carbocycles. The molecule has 1 saturated heterocycles. The maximum absolute atomic E-state index is 11.5. The van der Waals surface area contributed by atoms with Crippen LogP contribution in [0.5, 0.6) is 0 Å². The summed E-state index contributed by atoms with van der Waals surface area (Å²) in [5.74, 6) is 1.45. The first-order valence-electron chi connectivity index (χ1n) is 5.26. The summed E-state index contributed by atoms with van der Waals surface area (Å²) in [6.45, 7) is 7.70. The first-order chi connectivity index (χ1) is 6.00. The molecule has 1 aliphatic heterocycles. The van der Waals surface area contributed by atoms with Crippen LogP contribution in [0.25, 0.3) is 0 Å². The molecule has 2 nitrogen and oxygen atoms in total. The van der Waals surface area contributed by atoms with Crippen molar-refractivity contribution in [3.05, 3.63) is 0 Å². The first kappa shape index (κ1) is 9.20. The summed E-state index contributed by atoms with van der Waals surface area (Å²) in [5, 5.41) is 3.51. The van der Waals surface area contributed by atoms with Crippen molar-refractivity contribution in [2.75, 3.05) is 6.54 Å². The molecule has 2 rings (SSSR count). The molecule has 0 aromatic heterocycles. The van der Waals surface area contributed by atoms with E-state index in [9.17, 15) is 4.79 Å². The Morgan fingerprint density at radius 1 is 1.38 bits per heavy atom. The lowest BCUT2D eigenvalue weighted by atomic mass is 9.78. The van der Waals surface area contributed by atoms with Crippen molar-refractivity contribution >= 4 is 5.78 Å². The van der Waals surface area contributed by atoms with Crippen molar-refractivity contribution in [1.82, 2.24) is 5.32 Å². The van der Waals surface area contributed by atoms with Gasteiger partial charge in [0.15, 0.2) is 0 Å². The Bertz CT molecular complexity index is 229. The van der Waals surface area contributed by atoms with E-state index in [1.54, 1.807) is 0 Å². The van der Waals surface area contributed by atoms with E-state index in [4.69, 9.17) is 0 Å². The molecular weight excluding hydrogens is 162 g/mol. The number of carbonyl (C=O) groups is 1. The summed E-state index contributed by atoms with van der Waals surface area (Å²) < 4.78 is 0. The molecule has 13 heavy (non-hydrogen) atoms. The Kier molecular flexibility index (Phi) is 1.99. The Morgan fingerprint density at radius 2 is 2.08 bits per heavy atom. The van der Waals surface area contributed by atoms with Gasteiger partial charge in [0.2, 0.25) is 0 Å². The van der Waals surface area contributed by atoms with Gasteiger partial charge >= 0.3 is 0 Å². The minimum absolute atomic E-state index is 0.296. The van der Waals surface area contributed by atoms with Crippen LogP contribution in [-0.2, 0) is 4.79 Å². The van der Waals surface area contributed by atoms with Gasteiger partial charge < -0.3 is 5.32 Å². The van der Waals surface area contributed by atoms with Crippen molar-refractivity contribution in [3.8, 4) is 0 Å². The predicted octanol–water partition coefficient (Wildman–Crippen LogP) is 1.60. The maximum Gasteiger partial charge on any atom is 0.137 e. The lowest BCUT2D eigenvalue weighted by molar-refractivity contribution is -0.120. The van der Waals surface area contributed by atoms with Gasteiger partial charge in [-0.15, -0.1) is 0 Å². The molecule has 2 aliphatic rings. The molecule has 0 bridgehead atoms. The zero-order valence-electron chi connectivity index (χ0n) is 8.76. The van der Waals surface area contributed by atoms with Crippen LogP contribution in [0.2, 0.25) is 0 Å². The van der Waals surface area contributed by atoms with Crippen LogP contribution in [0.1, 0.15) is 33.6 Å². The van der Waals surface area contributed by atoms with E-state index in [1.807, 2.05) is 0 Å². The molecule has 0 radical (unpaired) electrons. The van der Waals surface area contributed by atoms with E-state index in [-0.39, 0.29) is 0 Å². The summed E-state index contributed by atoms with van der Waals surface area (Å²) in [6, 6.07) is 0.545. The standard InChI is InChI=1S/C11H19NO/c1-11(2,3)10-7-4-5-9(13)8(7)6-12-10/h7-8,10,12H,4-6H2,1-3H3/t7-,8-,10?/m0/s1. The fourth-order valence-corrected chi connectivity index (χ4v) is 2.95. The van der Waals surface area contributed by atoms with Crippen LogP contribution in [-0.4, -0.2) is 18.4 Å². The van der Waals surface area contributed by atoms with E-state index in [0.29, 0.717) is 29.1 Å². The van der Waals surface area contributed by atoms with Gasteiger partial charge in [0.1, 0.15) is 5.78 Å². The van der Waals surface area contributed by atoms with E-state index < -0.39 is 0 Å². The lowest BCUT2D eigenvalue weighted by Gasteiger charge is -2.31. The summed E-state index contributed by atoms with van der Waals surface area (Å²) >= 11 is 0. The van der Waals surface area contributed by atoms with Crippen LogP contribution >= 0.6 is 0 Å². The number of rotatable bonds is 0. The second kappa shape index (κ2) is 2.81. The van der Waals surface area contributed by atoms with Gasteiger partial charge in [-0.05, 0) is 17.8 Å². The summed E-state index contributed by atoms with van der Waals surface area (Å²) in [4.78, 5) is 11.5. The summed E-state index contributed by atoms with van der Waals surface area (Å²) in [5.41, 5.74) is 0.296. The quantitative estimate of drug-likeness (QED) is 0.615. The molecular formula is C11H19NO. The van der Waals surface area contributed by atoms with Gasteiger partial charge in [-0.2, -0.15) is 0 Å². The smallest absolute Gasteiger partial charge is 0.137 e. The van der Waals surface area contributed by atoms with Crippen LogP contribution in [0.4, 0.5) is 0 Å². The van der Waals surface area contributed by atoms with Crippen LogP contribution < -0.4 is 5.32 Å². The van der Waals surface area contributed by atoms with Gasteiger partial charge in [0, 0.05) is 24.9 Å². The third-order valence-electron chi connectivity index (χ3n) is 3.57. The molecule has 1 heterocycles. The van der Waals surface area contributed by atoms with Crippen molar-refractivity contribution in [3.63, 3.8) is 0 Å². The minimum atomic E-state index is 0.296. The number of hydrogen-bond donors (Lipinski definition) is 1. The van der Waals surface area contributed by atoms with Crippen LogP contribution in [0.3, 0.4) is 0 Å². The Balaban J connectivity index is 2.15. The van der Waals surface area contributed by atoms with Crippen molar-refractivity contribution < 1.29 is 4.79 Å². The average molecular weight is 181 g/mol. The van der Waals surface area contributed by atoms with E-state index >= 15 is 0 Å². The van der Waals surface area contributed by atoms with Gasteiger partial charge in [0.05, 0.1) is 0 Å². The topological polar surface area (TPSA) is 29.1 Å². The molecule has 1 saturated carbocycles. The monoisotopic (exact) mass is 181 g/mol. The minimum Gasteiger partial charge on any atom is -0.312 e. The van der Waals surface area contributed by atoms with Crippen LogP contribution in [0, 0.1) is 17.3 Å². The Labute approximate surface area is 80.1 Å². The normalized spacial score (nSPS) is 39.6. The van der Waals surface area contributed by atoms with Gasteiger partial charge in [-0.3, -0.25) is 4.79 Å². The number of hydrogen-bond acceptors (Lipinski definition) is 2. The molecule has 0 amide bonds.